The van der Waals surface area contributed by atoms with Crippen LogP contribution in [-0.4, -0.2) is 30.0 Å². The predicted octanol–water partition coefficient (Wildman–Crippen LogP) is 2.03. The summed E-state index contributed by atoms with van der Waals surface area (Å²) in [7, 11) is -5.74. The number of nitrogens with zero attached hydrogens (tertiary/aromatic N) is 1. The zero-order chi connectivity index (χ0) is 18.2. The van der Waals surface area contributed by atoms with E-state index >= 15 is 0 Å². The second-order valence-electron chi connectivity index (χ2n) is 5.67. The minimum absolute atomic E-state index is 0.126. The van der Waals surface area contributed by atoms with Crippen molar-refractivity contribution in [1.82, 2.24) is 4.98 Å². The van der Waals surface area contributed by atoms with E-state index in [1.807, 2.05) is 0 Å². The maximum Gasteiger partial charge on any atom is 0.431 e. The molecule has 0 fully saturated rings. The van der Waals surface area contributed by atoms with Gasteiger partial charge in [0.25, 0.3) is 9.12 Å². The van der Waals surface area contributed by atoms with Crippen LogP contribution in [0, 0.1) is 0 Å². The minimum atomic E-state index is -4.47. The Labute approximate surface area is 145 Å². The third-order valence-electron chi connectivity index (χ3n) is 3.82. The van der Waals surface area contributed by atoms with E-state index in [1.165, 1.54) is 24.3 Å². The summed E-state index contributed by atoms with van der Waals surface area (Å²) in [6.07, 6.45) is -2.33. The van der Waals surface area contributed by atoms with Crippen molar-refractivity contribution in [2.24, 2.45) is 0 Å². The van der Waals surface area contributed by atoms with E-state index in [9.17, 15) is 21.6 Å². The number of sulfone groups is 1. The van der Waals surface area contributed by atoms with E-state index in [-0.39, 0.29) is 4.90 Å². The smallest absolute Gasteiger partial charge is 0.388 e. The summed E-state index contributed by atoms with van der Waals surface area (Å²) < 4.78 is 64.1. The first kappa shape index (κ1) is 17.6. The average molecular weight is 384 g/mol. The Kier molecular flexibility index (Phi) is 4.37. The molecule has 4 nitrogen and oxygen atoms in total. The molecule has 1 heterocycles. The molecule has 0 spiro atoms. The topological polar surface area (TPSA) is 49.4 Å². The molecular formula is C16H15F3N2O2SSi. The van der Waals surface area contributed by atoms with E-state index in [2.05, 4.69) is 4.98 Å². The van der Waals surface area contributed by atoms with Gasteiger partial charge in [0.15, 0.2) is 9.84 Å². The van der Waals surface area contributed by atoms with Gasteiger partial charge in [-0.1, -0.05) is 30.3 Å². The Morgan fingerprint density at radius 2 is 1.60 bits per heavy atom. The van der Waals surface area contributed by atoms with Crippen LogP contribution in [0.4, 0.5) is 18.9 Å². The highest BCUT2D eigenvalue weighted by Gasteiger charge is 2.42. The maximum absolute atomic E-state index is 13.1. The van der Waals surface area contributed by atoms with E-state index < -0.39 is 30.8 Å². The van der Waals surface area contributed by atoms with Crippen LogP contribution in [0.5, 0.6) is 0 Å². The van der Waals surface area contributed by atoms with Crippen LogP contribution in [-0.2, 0) is 9.84 Å². The molecule has 1 N–H and O–H groups in total. The van der Waals surface area contributed by atoms with Crippen molar-refractivity contribution < 1.29 is 21.6 Å². The Hall–Kier alpha value is -2.26. The molecule has 0 amide bonds. The molecule has 132 valence electrons. The summed E-state index contributed by atoms with van der Waals surface area (Å²) in [6.45, 7) is 0. The first-order valence-corrected chi connectivity index (χ1v) is 10.9. The summed E-state index contributed by atoms with van der Waals surface area (Å²) in [4.78, 5) is 2.75. The normalized spacial score (nSPS) is 18.0. The molecular weight excluding hydrogens is 369 g/mol. The Balaban J connectivity index is 2.01. The first-order chi connectivity index (χ1) is 11.7. The lowest BCUT2D eigenvalue weighted by atomic mass is 10.3. The van der Waals surface area contributed by atoms with Crippen LogP contribution >= 0.6 is 0 Å². The van der Waals surface area contributed by atoms with Crippen molar-refractivity contribution in [2.75, 3.05) is 10.8 Å². The van der Waals surface area contributed by atoms with Crippen molar-refractivity contribution in [3.8, 4) is 0 Å². The fourth-order valence-corrected chi connectivity index (χ4v) is 5.74. The van der Waals surface area contributed by atoms with Crippen molar-refractivity contribution in [3.05, 3.63) is 66.5 Å². The van der Waals surface area contributed by atoms with Gasteiger partial charge in [-0.05, 0) is 29.5 Å². The average Bonchev–Trinajstić information content (AvgIpc) is 3.00. The van der Waals surface area contributed by atoms with Crippen molar-refractivity contribution in [2.45, 2.75) is 11.1 Å². The molecule has 1 aliphatic rings. The van der Waals surface area contributed by atoms with Crippen molar-refractivity contribution >= 4 is 29.8 Å². The van der Waals surface area contributed by atoms with Crippen LogP contribution in [0.25, 0.3) is 0 Å². The molecule has 0 bridgehead atoms. The van der Waals surface area contributed by atoms with E-state index in [0.717, 1.165) is 17.6 Å². The van der Waals surface area contributed by atoms with E-state index in [1.54, 1.807) is 34.9 Å². The van der Waals surface area contributed by atoms with Crippen molar-refractivity contribution in [3.63, 3.8) is 0 Å². The van der Waals surface area contributed by atoms with Gasteiger partial charge in [-0.2, -0.15) is 13.2 Å². The van der Waals surface area contributed by atoms with E-state index in [0.29, 0.717) is 5.69 Å². The van der Waals surface area contributed by atoms with Gasteiger partial charge in [-0.15, -0.1) is 0 Å². The van der Waals surface area contributed by atoms with E-state index in [4.69, 9.17) is 0 Å². The molecule has 3 rings (SSSR count). The molecule has 9 heteroatoms. The third kappa shape index (κ3) is 3.72. The fourth-order valence-electron chi connectivity index (χ4n) is 2.59. The van der Waals surface area contributed by atoms with Gasteiger partial charge in [0.05, 0.1) is 4.90 Å². The molecule has 1 atom stereocenters. The fraction of sp³-hybridized carbons (Fsp3) is 0.125. The lowest BCUT2D eigenvalue weighted by Gasteiger charge is -2.24. The molecule has 25 heavy (non-hydrogen) atoms. The maximum atomic E-state index is 13.1. The summed E-state index contributed by atoms with van der Waals surface area (Å²) in [5.74, 6) is 0. The molecule has 0 aliphatic carbocycles. The standard InChI is InChI=1S/C16H15F3N2O2SSi/c1-24(22,23)13-9-7-12(8-10-13)21-11-15(16(17,18)19)20-25(21)14-5-3-2-4-6-14/h2-11,20,25H,1H3. The summed E-state index contributed by atoms with van der Waals surface area (Å²) in [5.41, 5.74) is -0.278. The van der Waals surface area contributed by atoms with Crippen LogP contribution in [0.3, 0.4) is 0 Å². The number of benzene rings is 2. The summed E-state index contributed by atoms with van der Waals surface area (Å²) in [5, 5.41) is 0.796. The van der Waals surface area contributed by atoms with Crippen LogP contribution in [0.2, 0.25) is 0 Å². The lowest BCUT2D eigenvalue weighted by Crippen LogP contribution is -2.52. The van der Waals surface area contributed by atoms with Gasteiger partial charge in [-0.3, -0.25) is 0 Å². The molecule has 0 saturated carbocycles. The summed E-state index contributed by atoms with van der Waals surface area (Å²) in [6, 6.07) is 14.8. The number of alkyl halides is 3. The largest absolute Gasteiger partial charge is 0.431 e. The van der Waals surface area contributed by atoms with Gasteiger partial charge in [0.1, 0.15) is 5.70 Å². The molecule has 0 saturated heterocycles. The minimum Gasteiger partial charge on any atom is -0.388 e. The zero-order valence-corrected chi connectivity index (χ0v) is 15.1. The molecule has 0 radical (unpaired) electrons. The molecule has 2 aromatic carbocycles. The number of anilines is 1. The second-order valence-corrected chi connectivity index (χ2v) is 10.0. The highest BCUT2D eigenvalue weighted by atomic mass is 32.2. The first-order valence-electron chi connectivity index (χ1n) is 7.35. The number of nitrogens with one attached hydrogen (secondary N) is 1. The molecule has 1 aliphatic heterocycles. The number of hydrogen-bond acceptors (Lipinski definition) is 4. The quantitative estimate of drug-likeness (QED) is 0.823. The Bertz CT molecular complexity index is 897. The lowest BCUT2D eigenvalue weighted by molar-refractivity contribution is -0.0942. The third-order valence-corrected chi connectivity index (χ3v) is 7.56. The highest BCUT2D eigenvalue weighted by Crippen LogP contribution is 2.30. The number of allylic oxidation sites excluding steroid dienone is 1. The molecule has 0 aromatic heterocycles. The summed E-state index contributed by atoms with van der Waals surface area (Å²) >= 11 is 0. The molecule has 1 unspecified atom stereocenters. The van der Waals surface area contributed by atoms with Gasteiger partial charge in [0.2, 0.25) is 0 Å². The number of hydrogen-bond donors (Lipinski definition) is 1. The second kappa shape index (κ2) is 6.23. The van der Waals surface area contributed by atoms with Gasteiger partial charge in [0, 0.05) is 18.1 Å². The van der Waals surface area contributed by atoms with Crippen LogP contribution < -0.4 is 14.7 Å². The van der Waals surface area contributed by atoms with Crippen LogP contribution in [0.15, 0.2) is 71.4 Å². The highest BCUT2D eigenvalue weighted by molar-refractivity contribution is 7.90. The zero-order valence-electron chi connectivity index (χ0n) is 13.2. The Morgan fingerprint density at radius 3 is 2.12 bits per heavy atom. The van der Waals surface area contributed by atoms with Gasteiger partial charge < -0.3 is 9.55 Å². The Morgan fingerprint density at radius 1 is 1.00 bits per heavy atom. The number of rotatable bonds is 3. The molecule has 2 aromatic rings. The number of halogens is 3. The predicted molar refractivity (Wildman–Crippen MR) is 92.5 cm³/mol. The monoisotopic (exact) mass is 384 g/mol. The van der Waals surface area contributed by atoms with Crippen LogP contribution in [0.1, 0.15) is 0 Å². The van der Waals surface area contributed by atoms with Gasteiger partial charge in [-0.25, -0.2) is 8.42 Å². The van der Waals surface area contributed by atoms with Gasteiger partial charge >= 0.3 is 6.18 Å². The SMILES string of the molecule is CS(=O)(=O)c1ccc(N2C=C(C(F)(F)F)N[SiH]2c2ccccc2)cc1. The van der Waals surface area contributed by atoms with Crippen molar-refractivity contribution in [1.29, 1.82) is 0 Å².